The second-order valence-electron chi connectivity index (χ2n) is 8.46. The third-order valence-corrected chi connectivity index (χ3v) is 7.16. The number of β-amino-alcohol motifs (C(OH)–C–C–N with tert-alkyl or cyclic N) is 1. The lowest BCUT2D eigenvalue weighted by atomic mass is 9.95. The molecule has 7 heteroatoms. The monoisotopic (exact) mass is 450 g/mol. The van der Waals surface area contributed by atoms with Crippen molar-refractivity contribution >= 4 is 17.2 Å². The molecule has 1 amide bonds. The molecule has 2 aromatic carbocycles. The zero-order chi connectivity index (χ0) is 22.2. The van der Waals surface area contributed by atoms with Crippen molar-refractivity contribution in [3.63, 3.8) is 0 Å². The van der Waals surface area contributed by atoms with Gasteiger partial charge in [-0.05, 0) is 68.0 Å². The summed E-state index contributed by atoms with van der Waals surface area (Å²) >= 11 is 1.25. The highest BCUT2D eigenvalue weighted by Gasteiger charge is 2.29. The number of carbonyl (C=O) groups excluding carboxylic acids is 1. The maximum Gasteiger partial charge on any atom is 0.279 e. The molecule has 0 aliphatic carbocycles. The molecule has 5 rings (SSSR count). The Labute approximate surface area is 191 Å². The van der Waals surface area contributed by atoms with Crippen LogP contribution in [-0.2, 0) is 6.42 Å². The summed E-state index contributed by atoms with van der Waals surface area (Å²) in [5.41, 5.74) is 4.25. The zero-order valence-electron chi connectivity index (χ0n) is 18.2. The van der Waals surface area contributed by atoms with Gasteiger partial charge in [-0.25, -0.2) is 4.98 Å². The van der Waals surface area contributed by atoms with E-state index in [1.165, 1.54) is 22.5 Å². The number of rotatable bonds is 4. The smallest absolute Gasteiger partial charge is 0.279 e. The number of carbonyl (C=O) groups is 1. The predicted molar refractivity (Wildman–Crippen MR) is 123 cm³/mol. The number of thiazole rings is 1. The number of benzene rings is 2. The number of amides is 1. The van der Waals surface area contributed by atoms with Gasteiger partial charge in [-0.15, -0.1) is 0 Å². The normalized spacial score (nSPS) is 20.0. The van der Waals surface area contributed by atoms with E-state index in [4.69, 9.17) is 9.47 Å². The lowest BCUT2D eigenvalue weighted by molar-refractivity contribution is 0.0768. The molecule has 0 saturated carbocycles. The summed E-state index contributed by atoms with van der Waals surface area (Å²) < 4.78 is 12.3. The van der Waals surface area contributed by atoms with Crippen LogP contribution in [0.25, 0.3) is 0 Å². The van der Waals surface area contributed by atoms with E-state index >= 15 is 0 Å². The minimum atomic E-state index is -0.439. The largest absolute Gasteiger partial charge is 0.485 e. The molecule has 0 bridgehead atoms. The zero-order valence-corrected chi connectivity index (χ0v) is 19.0. The fourth-order valence-electron chi connectivity index (χ4n) is 4.38. The number of aromatic nitrogens is 1. The Kier molecular flexibility index (Phi) is 5.61. The molecule has 1 fully saturated rings. The van der Waals surface area contributed by atoms with Gasteiger partial charge >= 0.3 is 0 Å². The Hall–Kier alpha value is -2.90. The summed E-state index contributed by atoms with van der Waals surface area (Å²) in [6, 6.07) is 14.2. The number of aryl methyl sites for hydroxylation is 3. The van der Waals surface area contributed by atoms with E-state index in [1.807, 2.05) is 31.2 Å². The Bertz CT molecular complexity index is 1160. The molecule has 0 radical (unpaired) electrons. The molecule has 0 spiro atoms. The number of aliphatic hydroxyl groups is 1. The van der Waals surface area contributed by atoms with E-state index in [9.17, 15) is 9.90 Å². The highest BCUT2D eigenvalue weighted by Crippen LogP contribution is 2.39. The summed E-state index contributed by atoms with van der Waals surface area (Å²) in [7, 11) is 0. The maximum atomic E-state index is 12.8. The molecule has 2 atom stereocenters. The third kappa shape index (κ3) is 4.10. The number of hydrogen-bond acceptors (Lipinski definition) is 6. The first-order valence-electron chi connectivity index (χ1n) is 11.0. The number of nitrogens with zero attached hydrogens (tertiary/aromatic N) is 2. The van der Waals surface area contributed by atoms with Gasteiger partial charge in [0.1, 0.15) is 22.5 Å². The molecule has 166 valence electrons. The van der Waals surface area contributed by atoms with Crippen molar-refractivity contribution in [3.8, 4) is 16.7 Å². The van der Waals surface area contributed by atoms with Gasteiger partial charge in [-0.1, -0.05) is 35.6 Å². The number of likely N-dealkylation sites (tertiary alicyclic amines) is 1. The molecule has 2 aliphatic heterocycles. The van der Waals surface area contributed by atoms with Gasteiger partial charge in [-0.3, -0.25) is 4.79 Å². The second kappa shape index (κ2) is 8.56. The predicted octanol–water partition coefficient (Wildman–Crippen LogP) is 4.83. The van der Waals surface area contributed by atoms with Crippen molar-refractivity contribution in [1.82, 2.24) is 9.88 Å². The molecular weight excluding hydrogens is 424 g/mol. The van der Waals surface area contributed by atoms with Gasteiger partial charge in [0.05, 0.1) is 11.8 Å². The van der Waals surface area contributed by atoms with E-state index in [1.54, 1.807) is 4.90 Å². The van der Waals surface area contributed by atoms with Crippen LogP contribution in [0.1, 0.15) is 51.0 Å². The molecule has 2 unspecified atom stereocenters. The van der Waals surface area contributed by atoms with Crippen LogP contribution < -0.4 is 9.47 Å². The summed E-state index contributed by atoms with van der Waals surface area (Å²) in [6.07, 6.45) is 2.07. The van der Waals surface area contributed by atoms with Crippen LogP contribution in [0.15, 0.2) is 42.5 Å². The van der Waals surface area contributed by atoms with Gasteiger partial charge < -0.3 is 19.5 Å². The summed E-state index contributed by atoms with van der Waals surface area (Å²) in [4.78, 5) is 19.4. The molecule has 3 heterocycles. The summed E-state index contributed by atoms with van der Waals surface area (Å²) in [6.45, 7) is 4.88. The van der Waals surface area contributed by atoms with Crippen molar-refractivity contribution in [3.05, 3.63) is 69.7 Å². The first kappa shape index (κ1) is 21.0. The second-order valence-corrected chi connectivity index (χ2v) is 9.42. The Balaban J connectivity index is 1.30. The summed E-state index contributed by atoms with van der Waals surface area (Å²) in [5.74, 6) is 1.48. The van der Waals surface area contributed by atoms with Gasteiger partial charge in [0.25, 0.3) is 11.1 Å². The van der Waals surface area contributed by atoms with E-state index in [0.717, 1.165) is 24.2 Å². The maximum absolute atomic E-state index is 12.8. The van der Waals surface area contributed by atoms with Crippen molar-refractivity contribution in [1.29, 1.82) is 0 Å². The lowest BCUT2D eigenvalue weighted by Gasteiger charge is -2.27. The lowest BCUT2D eigenvalue weighted by Crippen LogP contribution is -2.29. The van der Waals surface area contributed by atoms with Crippen molar-refractivity contribution in [2.24, 2.45) is 0 Å². The highest BCUT2D eigenvalue weighted by molar-refractivity contribution is 7.15. The van der Waals surface area contributed by atoms with Gasteiger partial charge in [-0.2, -0.15) is 0 Å². The minimum absolute atomic E-state index is 0.0646. The first-order valence-corrected chi connectivity index (χ1v) is 11.8. The van der Waals surface area contributed by atoms with E-state index < -0.39 is 6.10 Å². The number of fused-ring (bicyclic) bond motifs is 1. The first-order chi connectivity index (χ1) is 15.5. The van der Waals surface area contributed by atoms with Gasteiger partial charge in [0, 0.05) is 13.1 Å². The van der Waals surface area contributed by atoms with Crippen molar-refractivity contribution in [2.75, 3.05) is 13.1 Å². The Morgan fingerprint density at radius 3 is 2.84 bits per heavy atom. The van der Waals surface area contributed by atoms with Crippen molar-refractivity contribution < 1.29 is 19.4 Å². The molecular formula is C25H26N2O4S. The molecule has 1 saturated heterocycles. The molecule has 3 aromatic rings. The Morgan fingerprint density at radius 1 is 1.22 bits per heavy atom. The topological polar surface area (TPSA) is 71.9 Å². The average molecular weight is 451 g/mol. The quantitative estimate of drug-likeness (QED) is 0.617. The highest BCUT2D eigenvalue weighted by atomic mass is 32.1. The van der Waals surface area contributed by atoms with Crippen LogP contribution in [0.5, 0.6) is 16.7 Å². The SMILES string of the molecule is Cc1ccccc1C1CCc2cc(Oc3nc(C)c(C(=O)N4CCC(O)C4)s3)ccc2O1. The summed E-state index contributed by atoms with van der Waals surface area (Å²) in [5, 5.41) is 10.2. The van der Waals surface area contributed by atoms with E-state index in [-0.39, 0.29) is 12.0 Å². The molecule has 32 heavy (non-hydrogen) atoms. The number of hydrogen-bond donors (Lipinski definition) is 1. The molecule has 2 aliphatic rings. The Morgan fingerprint density at radius 2 is 2.06 bits per heavy atom. The fourth-order valence-corrected chi connectivity index (χ4v) is 5.28. The minimum Gasteiger partial charge on any atom is -0.485 e. The van der Waals surface area contributed by atoms with Gasteiger partial charge in [0.15, 0.2) is 0 Å². The van der Waals surface area contributed by atoms with E-state index in [2.05, 4.69) is 30.1 Å². The van der Waals surface area contributed by atoms with Crippen LogP contribution >= 0.6 is 11.3 Å². The van der Waals surface area contributed by atoms with Crippen LogP contribution in [-0.4, -0.2) is 40.1 Å². The van der Waals surface area contributed by atoms with Crippen LogP contribution in [0.2, 0.25) is 0 Å². The molecule has 6 nitrogen and oxygen atoms in total. The number of ether oxygens (including phenoxy) is 2. The van der Waals surface area contributed by atoms with Crippen LogP contribution in [0.3, 0.4) is 0 Å². The van der Waals surface area contributed by atoms with Crippen LogP contribution in [0, 0.1) is 13.8 Å². The van der Waals surface area contributed by atoms with Gasteiger partial charge in [0.2, 0.25) is 0 Å². The third-order valence-electron chi connectivity index (χ3n) is 6.14. The fraction of sp³-hybridized carbons (Fsp3) is 0.360. The number of aliphatic hydroxyl groups excluding tert-OH is 1. The standard InChI is InChI=1S/C25H26N2O4S/c1-15-5-3-4-6-20(15)22-9-7-17-13-19(8-10-21(17)31-22)30-25-26-16(2)23(32-25)24(29)27-12-11-18(28)14-27/h3-6,8,10,13,18,22,28H,7,9,11-12,14H2,1-2H3. The molecule has 1 aromatic heterocycles. The van der Waals surface area contributed by atoms with Crippen LogP contribution in [0.4, 0.5) is 0 Å². The average Bonchev–Trinajstić information content (AvgIpc) is 3.38. The van der Waals surface area contributed by atoms with E-state index in [0.29, 0.717) is 41.0 Å². The van der Waals surface area contributed by atoms with Crippen molar-refractivity contribution in [2.45, 2.75) is 45.3 Å². The molecule has 1 N–H and O–H groups in total.